The number of anilines is 1. The fraction of sp³-hybridized carbons (Fsp3) is 0.0952. The van der Waals surface area contributed by atoms with E-state index in [2.05, 4.69) is 20.6 Å². The molecule has 0 bridgehead atoms. The van der Waals surface area contributed by atoms with E-state index in [1.165, 1.54) is 11.1 Å². The van der Waals surface area contributed by atoms with Crippen molar-refractivity contribution in [2.75, 3.05) is 4.90 Å². The Balaban J connectivity index is 1.53. The molecular weight excluding hydrogens is 414 g/mol. The zero-order valence-electron chi connectivity index (χ0n) is 16.3. The number of rotatable bonds is 3. The van der Waals surface area contributed by atoms with Gasteiger partial charge < -0.3 is 0 Å². The van der Waals surface area contributed by atoms with Gasteiger partial charge in [-0.1, -0.05) is 35.9 Å². The predicted molar refractivity (Wildman–Crippen MR) is 119 cm³/mol. The summed E-state index contributed by atoms with van der Waals surface area (Å²) in [5.41, 5.74) is 3.58. The number of carbonyl (C=O) groups is 2. The number of para-hydroxylation sites is 1. The van der Waals surface area contributed by atoms with Gasteiger partial charge in [-0.25, -0.2) is 0 Å². The third-order valence-electron chi connectivity index (χ3n) is 4.97. The van der Waals surface area contributed by atoms with Crippen molar-refractivity contribution in [2.24, 2.45) is 5.10 Å². The molecule has 2 aromatic heterocycles. The summed E-state index contributed by atoms with van der Waals surface area (Å²) < 4.78 is 1.61. The van der Waals surface area contributed by atoms with Crippen LogP contribution in [0.2, 0.25) is 0 Å². The monoisotopic (exact) mass is 429 g/mol. The van der Waals surface area contributed by atoms with Crippen LogP contribution in [0, 0.1) is 6.92 Å². The van der Waals surface area contributed by atoms with E-state index in [1.54, 1.807) is 16.6 Å². The molecule has 2 aromatic carbocycles. The first-order valence-electron chi connectivity index (χ1n) is 9.43. The minimum absolute atomic E-state index is 0.00208. The summed E-state index contributed by atoms with van der Waals surface area (Å²) in [5, 5.41) is 18.1. The molecule has 0 N–H and O–H groups in total. The van der Waals surface area contributed by atoms with Gasteiger partial charge in [0.25, 0.3) is 5.91 Å². The zero-order chi connectivity index (χ0) is 21.5. The average molecular weight is 429 g/mol. The lowest BCUT2D eigenvalue weighted by Crippen LogP contribution is -2.53. The summed E-state index contributed by atoms with van der Waals surface area (Å²) in [5.74, 6) is -0.883. The highest BCUT2D eigenvalue weighted by atomic mass is 32.1. The van der Waals surface area contributed by atoms with Crippen LogP contribution in [0.15, 0.2) is 59.7 Å². The van der Waals surface area contributed by atoms with E-state index >= 15 is 0 Å². The van der Waals surface area contributed by atoms with Gasteiger partial charge in [0.2, 0.25) is 11.0 Å². The van der Waals surface area contributed by atoms with Crippen LogP contribution in [0.4, 0.5) is 5.69 Å². The standard InChI is InChI=1S/C21H15N7O2S/c1-13-6-8-16(9-7-13)26-18(29)11-19(30)28(21(26)31)22-12-15-10-14-4-2-3-5-17(14)27-20(15)23-24-25-27/h2-10,12H,11H2,1H3/b22-12+. The number of fused-ring (bicyclic) bond motifs is 3. The van der Waals surface area contributed by atoms with Crippen LogP contribution in [-0.2, 0) is 9.59 Å². The molecule has 1 saturated heterocycles. The van der Waals surface area contributed by atoms with Crippen molar-refractivity contribution in [1.82, 2.24) is 25.0 Å². The zero-order valence-corrected chi connectivity index (χ0v) is 17.2. The van der Waals surface area contributed by atoms with Crippen molar-refractivity contribution in [2.45, 2.75) is 13.3 Å². The molecule has 4 aromatic rings. The van der Waals surface area contributed by atoms with Gasteiger partial charge in [0.1, 0.15) is 6.42 Å². The predicted octanol–water partition coefficient (Wildman–Crippen LogP) is 2.47. The van der Waals surface area contributed by atoms with Crippen LogP contribution in [0.5, 0.6) is 0 Å². The number of aryl methyl sites for hydroxylation is 1. The van der Waals surface area contributed by atoms with Crippen molar-refractivity contribution in [1.29, 1.82) is 0 Å². The number of hydrazone groups is 1. The number of hydrogen-bond acceptors (Lipinski definition) is 7. The first-order chi connectivity index (χ1) is 15.0. The minimum Gasteiger partial charge on any atom is -0.273 e. The molecule has 0 atom stereocenters. The lowest BCUT2D eigenvalue weighted by Gasteiger charge is -2.32. The third-order valence-corrected chi connectivity index (χ3v) is 5.32. The number of pyridine rings is 1. The normalized spacial score (nSPS) is 15.1. The maximum Gasteiger partial charge on any atom is 0.258 e. The molecule has 1 aliphatic heterocycles. The Morgan fingerprint density at radius 3 is 2.65 bits per heavy atom. The van der Waals surface area contributed by atoms with Crippen molar-refractivity contribution < 1.29 is 9.59 Å². The van der Waals surface area contributed by atoms with E-state index in [0.717, 1.165) is 21.5 Å². The van der Waals surface area contributed by atoms with Crippen molar-refractivity contribution in [3.05, 3.63) is 65.7 Å². The first kappa shape index (κ1) is 18.9. The topological polar surface area (TPSA) is 96.1 Å². The highest BCUT2D eigenvalue weighted by Gasteiger charge is 2.36. The van der Waals surface area contributed by atoms with Crippen LogP contribution in [0.25, 0.3) is 16.6 Å². The van der Waals surface area contributed by atoms with Gasteiger partial charge in [-0.2, -0.15) is 14.6 Å². The number of carbonyl (C=O) groups excluding carboxylic acids is 2. The highest BCUT2D eigenvalue weighted by molar-refractivity contribution is 7.80. The fourth-order valence-electron chi connectivity index (χ4n) is 3.43. The Morgan fingerprint density at radius 1 is 1.06 bits per heavy atom. The number of aromatic nitrogens is 4. The summed E-state index contributed by atoms with van der Waals surface area (Å²) in [6, 6.07) is 16.9. The summed E-state index contributed by atoms with van der Waals surface area (Å²) in [7, 11) is 0. The quantitative estimate of drug-likeness (QED) is 0.282. The van der Waals surface area contributed by atoms with E-state index in [9.17, 15) is 9.59 Å². The van der Waals surface area contributed by atoms with Gasteiger partial charge in [0.05, 0.1) is 17.4 Å². The molecule has 3 heterocycles. The maximum atomic E-state index is 12.5. The summed E-state index contributed by atoms with van der Waals surface area (Å²) in [4.78, 5) is 26.4. The molecule has 0 saturated carbocycles. The average Bonchev–Trinajstić information content (AvgIpc) is 3.25. The third kappa shape index (κ3) is 3.22. The molecule has 5 rings (SSSR count). The largest absolute Gasteiger partial charge is 0.273 e. The fourth-order valence-corrected chi connectivity index (χ4v) is 3.79. The molecule has 10 heteroatoms. The van der Waals surface area contributed by atoms with Crippen LogP contribution in [0.1, 0.15) is 17.5 Å². The van der Waals surface area contributed by atoms with Crippen LogP contribution >= 0.6 is 12.2 Å². The number of benzene rings is 2. The second-order valence-corrected chi connectivity index (χ2v) is 7.41. The van der Waals surface area contributed by atoms with Gasteiger partial charge >= 0.3 is 0 Å². The Morgan fingerprint density at radius 2 is 1.84 bits per heavy atom. The van der Waals surface area contributed by atoms with Gasteiger partial charge in [-0.05, 0) is 53.8 Å². The molecule has 0 spiro atoms. The number of hydrogen-bond donors (Lipinski definition) is 0. The van der Waals surface area contributed by atoms with Crippen LogP contribution in [-0.4, -0.2) is 48.2 Å². The van der Waals surface area contributed by atoms with E-state index in [0.29, 0.717) is 16.9 Å². The van der Waals surface area contributed by atoms with E-state index in [4.69, 9.17) is 12.2 Å². The SMILES string of the molecule is Cc1ccc(N2C(=O)CC(=O)N(/N=C/c3cc4ccccc4n4nnnc34)C2=S)cc1. The van der Waals surface area contributed by atoms with Crippen molar-refractivity contribution in [3.63, 3.8) is 0 Å². The molecule has 0 unspecified atom stereocenters. The lowest BCUT2D eigenvalue weighted by atomic mass is 10.1. The van der Waals surface area contributed by atoms with E-state index in [-0.39, 0.29) is 17.4 Å². The summed E-state index contributed by atoms with van der Waals surface area (Å²) in [6.45, 7) is 1.95. The Hall–Kier alpha value is -4.05. The molecule has 1 fully saturated rings. The smallest absolute Gasteiger partial charge is 0.258 e. The summed E-state index contributed by atoms with van der Waals surface area (Å²) >= 11 is 5.44. The molecule has 31 heavy (non-hydrogen) atoms. The van der Waals surface area contributed by atoms with E-state index < -0.39 is 5.91 Å². The van der Waals surface area contributed by atoms with Crippen molar-refractivity contribution >= 4 is 57.6 Å². The highest BCUT2D eigenvalue weighted by Crippen LogP contribution is 2.23. The Kier molecular flexibility index (Phi) is 4.48. The lowest BCUT2D eigenvalue weighted by molar-refractivity contribution is -0.133. The molecule has 0 radical (unpaired) electrons. The molecule has 9 nitrogen and oxygen atoms in total. The van der Waals surface area contributed by atoms with E-state index in [1.807, 2.05) is 49.4 Å². The maximum absolute atomic E-state index is 12.5. The molecule has 2 amide bonds. The minimum atomic E-state index is -0.494. The summed E-state index contributed by atoms with van der Waals surface area (Å²) in [6.07, 6.45) is 1.15. The molecule has 0 aliphatic carbocycles. The number of nitrogens with zero attached hydrogens (tertiary/aromatic N) is 7. The number of tetrazole rings is 1. The van der Waals surface area contributed by atoms with Crippen LogP contribution in [0.3, 0.4) is 0 Å². The van der Waals surface area contributed by atoms with Gasteiger partial charge in [0, 0.05) is 10.9 Å². The Labute approximate surface area is 181 Å². The number of thiocarbonyl (C=S) groups is 1. The molecule has 1 aliphatic rings. The van der Waals surface area contributed by atoms with Gasteiger partial charge in [-0.15, -0.1) is 5.10 Å². The second-order valence-electron chi connectivity index (χ2n) is 7.05. The van der Waals surface area contributed by atoms with Gasteiger partial charge in [0.15, 0.2) is 5.65 Å². The number of amides is 2. The molecule has 152 valence electrons. The molecular formula is C21H15N7O2S. The van der Waals surface area contributed by atoms with Gasteiger partial charge in [-0.3, -0.25) is 14.5 Å². The van der Waals surface area contributed by atoms with Crippen molar-refractivity contribution in [3.8, 4) is 0 Å². The van der Waals surface area contributed by atoms with Crippen LogP contribution < -0.4 is 4.90 Å². The Bertz CT molecular complexity index is 1390. The second kappa shape index (κ2) is 7.33. The first-order valence-corrected chi connectivity index (χ1v) is 9.84.